The van der Waals surface area contributed by atoms with Gasteiger partial charge in [-0.05, 0) is 62.8 Å². The minimum absolute atomic E-state index is 0.0825. The predicted molar refractivity (Wildman–Crippen MR) is 114 cm³/mol. The van der Waals surface area contributed by atoms with Gasteiger partial charge in [-0.15, -0.1) is 0 Å². The van der Waals surface area contributed by atoms with Crippen LogP contribution in [0.4, 0.5) is 0 Å². The molecule has 3 rings (SSSR count). The Morgan fingerprint density at radius 3 is 2.83 bits per heavy atom. The minimum Gasteiger partial charge on any atom is -0.354 e. The maximum Gasteiger partial charge on any atom is 0.270 e. The Labute approximate surface area is 173 Å². The highest BCUT2D eigenvalue weighted by molar-refractivity contribution is 5.94. The third-order valence-corrected chi connectivity index (χ3v) is 5.79. The number of hydrogen-bond acceptors (Lipinski definition) is 3. The van der Waals surface area contributed by atoms with Crippen LogP contribution in [0.5, 0.6) is 0 Å². The standard InChI is InChI=1S/C23H32N4O2/c1-17-15-18(2)25-22(17)23(29)27-13-6-7-19(16-27)9-10-21(28)26(3)14-11-20-8-4-5-12-24-20/h4-5,8,12,15,19,25H,6-7,9-11,13-14,16H2,1-3H3/t19-/m0/s1. The lowest BCUT2D eigenvalue weighted by molar-refractivity contribution is -0.130. The Morgan fingerprint density at radius 1 is 1.31 bits per heavy atom. The summed E-state index contributed by atoms with van der Waals surface area (Å²) in [4.78, 5) is 36.6. The number of likely N-dealkylation sites (tertiary alicyclic amines) is 1. The van der Waals surface area contributed by atoms with E-state index in [1.165, 1.54) is 0 Å². The third kappa shape index (κ3) is 5.68. The maximum atomic E-state index is 12.9. The van der Waals surface area contributed by atoms with Crippen molar-refractivity contribution in [3.63, 3.8) is 0 Å². The molecule has 6 nitrogen and oxygen atoms in total. The summed E-state index contributed by atoms with van der Waals surface area (Å²) >= 11 is 0. The summed E-state index contributed by atoms with van der Waals surface area (Å²) in [6.45, 7) is 6.15. The Morgan fingerprint density at radius 2 is 2.14 bits per heavy atom. The van der Waals surface area contributed by atoms with Crippen molar-refractivity contribution in [3.8, 4) is 0 Å². The molecule has 1 fully saturated rings. The van der Waals surface area contributed by atoms with E-state index in [0.29, 0.717) is 24.6 Å². The number of piperidine rings is 1. The van der Waals surface area contributed by atoms with Crippen molar-refractivity contribution in [2.45, 2.75) is 46.0 Å². The number of likely N-dealkylation sites (N-methyl/N-ethyl adjacent to an activating group) is 1. The Hall–Kier alpha value is -2.63. The zero-order valence-electron chi connectivity index (χ0n) is 17.8. The number of pyridine rings is 1. The van der Waals surface area contributed by atoms with Gasteiger partial charge in [-0.2, -0.15) is 0 Å². The van der Waals surface area contributed by atoms with Gasteiger partial charge in [0, 0.05) is 57.1 Å². The fraction of sp³-hybridized carbons (Fsp3) is 0.522. The smallest absolute Gasteiger partial charge is 0.270 e. The summed E-state index contributed by atoms with van der Waals surface area (Å²) in [5, 5.41) is 0. The molecule has 0 spiro atoms. The molecule has 1 aliphatic heterocycles. The van der Waals surface area contributed by atoms with Gasteiger partial charge >= 0.3 is 0 Å². The van der Waals surface area contributed by atoms with Gasteiger partial charge in [0.1, 0.15) is 5.69 Å². The van der Waals surface area contributed by atoms with Crippen molar-refractivity contribution in [2.24, 2.45) is 5.92 Å². The van der Waals surface area contributed by atoms with Crippen LogP contribution in [0.3, 0.4) is 0 Å². The Kier molecular flexibility index (Phi) is 7.07. The SMILES string of the molecule is Cc1cc(C)c(C(=O)N2CCC[C@@H](CCC(=O)N(C)CCc3ccccn3)C2)[nH]1. The second-order valence-electron chi connectivity index (χ2n) is 8.19. The van der Waals surface area contributed by atoms with Gasteiger partial charge in [-0.25, -0.2) is 0 Å². The number of carbonyl (C=O) groups excluding carboxylic acids is 2. The number of aromatic amines is 1. The number of carbonyl (C=O) groups is 2. The van der Waals surface area contributed by atoms with Gasteiger partial charge in [0.2, 0.25) is 5.91 Å². The van der Waals surface area contributed by atoms with E-state index in [2.05, 4.69) is 9.97 Å². The summed E-state index contributed by atoms with van der Waals surface area (Å²) in [7, 11) is 1.86. The van der Waals surface area contributed by atoms with Gasteiger partial charge in [0.05, 0.1) is 0 Å². The molecule has 1 saturated heterocycles. The highest BCUT2D eigenvalue weighted by atomic mass is 16.2. The lowest BCUT2D eigenvalue weighted by atomic mass is 9.93. The molecule has 0 aliphatic carbocycles. The molecule has 0 radical (unpaired) electrons. The van der Waals surface area contributed by atoms with E-state index >= 15 is 0 Å². The summed E-state index contributed by atoms with van der Waals surface area (Å²) in [5.41, 5.74) is 3.72. The number of amides is 2. The molecule has 0 unspecified atom stereocenters. The van der Waals surface area contributed by atoms with Crippen molar-refractivity contribution in [1.29, 1.82) is 0 Å². The molecule has 1 atom stereocenters. The summed E-state index contributed by atoms with van der Waals surface area (Å²) in [6, 6.07) is 7.86. The van der Waals surface area contributed by atoms with Gasteiger partial charge in [-0.1, -0.05) is 6.07 Å². The number of aromatic nitrogens is 2. The molecule has 2 aromatic rings. The summed E-state index contributed by atoms with van der Waals surface area (Å²) in [6.07, 6.45) is 5.99. The van der Waals surface area contributed by atoms with E-state index in [0.717, 1.165) is 55.7 Å². The number of hydrogen-bond donors (Lipinski definition) is 1. The van der Waals surface area contributed by atoms with E-state index < -0.39 is 0 Å². The summed E-state index contributed by atoms with van der Waals surface area (Å²) in [5.74, 6) is 0.636. The molecule has 6 heteroatoms. The molecule has 0 saturated carbocycles. The zero-order chi connectivity index (χ0) is 20.8. The largest absolute Gasteiger partial charge is 0.354 e. The molecule has 1 aliphatic rings. The van der Waals surface area contributed by atoms with E-state index in [4.69, 9.17) is 0 Å². The lowest BCUT2D eigenvalue weighted by Crippen LogP contribution is -2.40. The third-order valence-electron chi connectivity index (χ3n) is 5.79. The first-order valence-electron chi connectivity index (χ1n) is 10.5. The van der Waals surface area contributed by atoms with Crippen molar-refractivity contribution < 1.29 is 9.59 Å². The normalized spacial score (nSPS) is 16.7. The van der Waals surface area contributed by atoms with Crippen LogP contribution in [0, 0.1) is 19.8 Å². The zero-order valence-corrected chi connectivity index (χ0v) is 17.8. The first-order chi connectivity index (χ1) is 13.9. The van der Waals surface area contributed by atoms with Gasteiger partial charge < -0.3 is 14.8 Å². The van der Waals surface area contributed by atoms with E-state index in [-0.39, 0.29) is 11.8 Å². The van der Waals surface area contributed by atoms with Crippen LogP contribution in [0.15, 0.2) is 30.5 Å². The first-order valence-corrected chi connectivity index (χ1v) is 10.5. The van der Waals surface area contributed by atoms with Gasteiger partial charge in [0.25, 0.3) is 5.91 Å². The number of aryl methyl sites for hydroxylation is 2. The molecular weight excluding hydrogens is 364 g/mol. The number of H-pyrrole nitrogens is 1. The van der Waals surface area contributed by atoms with Gasteiger partial charge in [0.15, 0.2) is 0 Å². The fourth-order valence-electron chi connectivity index (χ4n) is 4.07. The van der Waals surface area contributed by atoms with Crippen molar-refractivity contribution in [3.05, 3.63) is 53.1 Å². The molecule has 1 N–H and O–H groups in total. The highest BCUT2D eigenvalue weighted by Crippen LogP contribution is 2.23. The Bertz CT molecular complexity index is 831. The highest BCUT2D eigenvalue weighted by Gasteiger charge is 2.26. The fourth-order valence-corrected chi connectivity index (χ4v) is 4.07. The summed E-state index contributed by atoms with van der Waals surface area (Å²) < 4.78 is 0. The van der Waals surface area contributed by atoms with E-state index in [1.807, 2.05) is 50.1 Å². The average molecular weight is 397 g/mol. The number of nitrogens with zero attached hydrogens (tertiary/aromatic N) is 3. The van der Waals surface area contributed by atoms with E-state index in [9.17, 15) is 9.59 Å². The van der Waals surface area contributed by atoms with Crippen LogP contribution in [-0.2, 0) is 11.2 Å². The number of nitrogens with one attached hydrogen (secondary N) is 1. The van der Waals surface area contributed by atoms with Crippen LogP contribution < -0.4 is 0 Å². The van der Waals surface area contributed by atoms with Crippen LogP contribution in [0.2, 0.25) is 0 Å². The van der Waals surface area contributed by atoms with Crippen LogP contribution in [0.25, 0.3) is 0 Å². The molecule has 2 amide bonds. The van der Waals surface area contributed by atoms with Crippen molar-refractivity contribution in [2.75, 3.05) is 26.7 Å². The molecule has 2 aromatic heterocycles. The Balaban J connectivity index is 1.45. The van der Waals surface area contributed by atoms with Crippen molar-refractivity contribution >= 4 is 11.8 Å². The second-order valence-corrected chi connectivity index (χ2v) is 8.19. The number of rotatable bonds is 7. The van der Waals surface area contributed by atoms with Crippen LogP contribution in [-0.4, -0.2) is 58.3 Å². The molecule has 0 bridgehead atoms. The maximum absolute atomic E-state index is 12.9. The average Bonchev–Trinajstić information content (AvgIpc) is 3.08. The van der Waals surface area contributed by atoms with E-state index in [1.54, 1.807) is 11.1 Å². The molecular formula is C23H32N4O2. The molecule has 3 heterocycles. The van der Waals surface area contributed by atoms with Crippen molar-refractivity contribution in [1.82, 2.24) is 19.8 Å². The second kappa shape index (κ2) is 9.72. The van der Waals surface area contributed by atoms with Gasteiger partial charge in [-0.3, -0.25) is 14.6 Å². The predicted octanol–water partition coefficient (Wildman–Crippen LogP) is 3.36. The topological polar surface area (TPSA) is 69.3 Å². The monoisotopic (exact) mass is 396 g/mol. The molecule has 29 heavy (non-hydrogen) atoms. The molecule has 156 valence electrons. The first kappa shape index (κ1) is 21.1. The quantitative estimate of drug-likeness (QED) is 0.780. The lowest BCUT2D eigenvalue weighted by Gasteiger charge is -2.33. The molecule has 0 aromatic carbocycles. The minimum atomic E-state index is 0.0825. The van der Waals surface area contributed by atoms with Crippen LogP contribution in [0.1, 0.15) is 53.1 Å². The van der Waals surface area contributed by atoms with Crippen LogP contribution >= 0.6 is 0 Å².